The van der Waals surface area contributed by atoms with Gasteiger partial charge >= 0.3 is 0 Å². The summed E-state index contributed by atoms with van der Waals surface area (Å²) in [6.45, 7) is 0. The zero-order valence-electron chi connectivity index (χ0n) is 11.4. The van der Waals surface area contributed by atoms with Crippen molar-refractivity contribution >= 4 is 21.6 Å². The fourth-order valence-corrected chi connectivity index (χ4v) is 4.03. The van der Waals surface area contributed by atoms with Gasteiger partial charge in [-0.2, -0.15) is 0 Å². The van der Waals surface area contributed by atoms with Crippen molar-refractivity contribution in [1.29, 1.82) is 0 Å². The Balaban J connectivity index is 1.83. The first-order valence-corrected chi connectivity index (χ1v) is 8.00. The Hall–Kier alpha value is -1.61. The number of halogens is 2. The third-order valence-corrected chi connectivity index (χ3v) is 5.05. The molecule has 21 heavy (non-hydrogen) atoms. The number of benzene rings is 2. The Bertz CT molecular complexity index is 725. The Morgan fingerprint density at radius 2 is 2.00 bits per heavy atom. The van der Waals surface area contributed by atoms with Crippen LogP contribution >= 0.6 is 15.9 Å². The summed E-state index contributed by atoms with van der Waals surface area (Å²) < 4.78 is 15.3. The molecule has 1 heterocycles. The van der Waals surface area contributed by atoms with Crippen LogP contribution in [0.15, 0.2) is 59.1 Å². The average molecular weight is 344 g/mol. The van der Waals surface area contributed by atoms with Gasteiger partial charge in [-0.25, -0.2) is 4.39 Å². The quantitative estimate of drug-likeness (QED) is 0.682. The molecular weight excluding hydrogens is 329 g/mol. The molecule has 106 valence electrons. The van der Waals surface area contributed by atoms with Gasteiger partial charge in [0.05, 0.1) is 11.7 Å². The molecule has 1 nitrogen and oxygen atoms in total. The topological polar surface area (TPSA) is 12.0 Å². The van der Waals surface area contributed by atoms with Gasteiger partial charge in [-0.3, -0.25) is 0 Å². The molecule has 0 saturated heterocycles. The molecule has 1 aliphatic carbocycles. The zero-order valence-corrected chi connectivity index (χ0v) is 13.0. The third kappa shape index (κ3) is 2.11. The van der Waals surface area contributed by atoms with Crippen LogP contribution in [0.1, 0.15) is 29.5 Å². The number of para-hydroxylation sites is 1. The predicted molar refractivity (Wildman–Crippen MR) is 86.9 cm³/mol. The molecule has 4 rings (SSSR count). The largest absolute Gasteiger partial charge is 0.375 e. The Morgan fingerprint density at radius 1 is 1.14 bits per heavy atom. The maximum absolute atomic E-state index is 14.2. The van der Waals surface area contributed by atoms with Gasteiger partial charge in [-0.1, -0.05) is 52.3 Å². The van der Waals surface area contributed by atoms with Crippen molar-refractivity contribution in [1.82, 2.24) is 0 Å². The lowest BCUT2D eigenvalue weighted by molar-refractivity contribution is 0.420. The molecule has 1 N–H and O–H groups in total. The fourth-order valence-electron chi connectivity index (χ4n) is 3.61. The summed E-state index contributed by atoms with van der Waals surface area (Å²) in [5.74, 6) is 0.598. The normalized spacial score (nSPS) is 26.1. The van der Waals surface area contributed by atoms with Gasteiger partial charge < -0.3 is 5.32 Å². The molecule has 0 bridgehead atoms. The van der Waals surface area contributed by atoms with E-state index in [0.717, 1.165) is 16.5 Å². The van der Waals surface area contributed by atoms with E-state index in [1.807, 2.05) is 18.2 Å². The molecule has 2 aromatic rings. The van der Waals surface area contributed by atoms with Crippen LogP contribution in [-0.4, -0.2) is 0 Å². The minimum Gasteiger partial charge on any atom is -0.375 e. The maximum atomic E-state index is 14.2. The smallest absolute Gasteiger partial charge is 0.146 e. The number of hydrogen-bond donors (Lipinski definition) is 1. The van der Waals surface area contributed by atoms with Gasteiger partial charge in [-0.05, 0) is 41.7 Å². The molecule has 2 unspecified atom stereocenters. The van der Waals surface area contributed by atoms with Crippen LogP contribution < -0.4 is 5.32 Å². The van der Waals surface area contributed by atoms with Gasteiger partial charge in [0.1, 0.15) is 5.82 Å². The van der Waals surface area contributed by atoms with Crippen LogP contribution in [0.3, 0.4) is 0 Å². The van der Waals surface area contributed by atoms with Crippen molar-refractivity contribution in [2.75, 3.05) is 5.32 Å². The lowest BCUT2D eigenvalue weighted by Crippen LogP contribution is -2.29. The highest BCUT2D eigenvalue weighted by atomic mass is 79.9. The van der Waals surface area contributed by atoms with Crippen molar-refractivity contribution in [3.8, 4) is 0 Å². The van der Waals surface area contributed by atoms with E-state index in [0.29, 0.717) is 17.5 Å². The SMILES string of the molecule is Fc1cccc2c1N[C@@H](c1cccc(Br)c1)C1CC=CC21. The molecule has 0 amide bonds. The van der Waals surface area contributed by atoms with E-state index in [9.17, 15) is 4.39 Å². The summed E-state index contributed by atoms with van der Waals surface area (Å²) in [7, 11) is 0. The van der Waals surface area contributed by atoms with Gasteiger partial charge in [0.15, 0.2) is 0 Å². The second kappa shape index (κ2) is 4.99. The van der Waals surface area contributed by atoms with Gasteiger partial charge in [0, 0.05) is 10.4 Å². The van der Waals surface area contributed by atoms with Crippen LogP contribution in [-0.2, 0) is 0 Å². The fraction of sp³-hybridized carbons (Fsp3) is 0.222. The van der Waals surface area contributed by atoms with Crippen LogP contribution in [0, 0.1) is 11.7 Å². The standard InChI is InChI=1S/C18H15BrFN/c19-12-5-1-4-11(10-12)17-14-7-2-6-13(14)15-8-3-9-16(20)18(15)21-17/h1-6,8-10,13-14,17,21H,7H2/t13?,14?,17-/m0/s1. The number of rotatable bonds is 1. The molecule has 2 aliphatic rings. The molecule has 2 aromatic carbocycles. The summed E-state index contributed by atoms with van der Waals surface area (Å²) in [5, 5.41) is 3.44. The minimum atomic E-state index is -0.161. The lowest BCUT2D eigenvalue weighted by Gasteiger charge is -2.37. The zero-order chi connectivity index (χ0) is 14.4. The van der Waals surface area contributed by atoms with Crippen molar-refractivity contribution in [2.24, 2.45) is 5.92 Å². The Morgan fingerprint density at radius 3 is 2.86 bits per heavy atom. The van der Waals surface area contributed by atoms with E-state index in [1.165, 1.54) is 11.6 Å². The second-order valence-corrected chi connectivity index (χ2v) is 6.65. The Labute approximate surface area is 132 Å². The number of allylic oxidation sites excluding steroid dienone is 2. The number of nitrogens with one attached hydrogen (secondary N) is 1. The first-order chi connectivity index (χ1) is 10.2. The highest BCUT2D eigenvalue weighted by Gasteiger charge is 2.38. The van der Waals surface area contributed by atoms with Crippen LogP contribution in [0.25, 0.3) is 0 Å². The second-order valence-electron chi connectivity index (χ2n) is 5.73. The molecule has 0 saturated carbocycles. The third-order valence-electron chi connectivity index (χ3n) is 4.55. The van der Waals surface area contributed by atoms with E-state index in [4.69, 9.17) is 0 Å². The van der Waals surface area contributed by atoms with Crippen LogP contribution in [0.5, 0.6) is 0 Å². The summed E-state index contributed by atoms with van der Waals surface area (Å²) in [4.78, 5) is 0. The molecule has 1 aliphatic heterocycles. The lowest BCUT2D eigenvalue weighted by atomic mass is 9.77. The summed E-state index contributed by atoms with van der Waals surface area (Å²) in [6, 6.07) is 13.8. The molecule has 0 fully saturated rings. The molecule has 0 radical (unpaired) electrons. The van der Waals surface area contributed by atoms with E-state index in [-0.39, 0.29) is 11.9 Å². The molecule has 0 aromatic heterocycles. The van der Waals surface area contributed by atoms with Crippen LogP contribution in [0.4, 0.5) is 10.1 Å². The molecule has 0 spiro atoms. The van der Waals surface area contributed by atoms with E-state index >= 15 is 0 Å². The maximum Gasteiger partial charge on any atom is 0.146 e. The van der Waals surface area contributed by atoms with Gasteiger partial charge in [-0.15, -0.1) is 0 Å². The Kier molecular flexibility index (Phi) is 3.11. The monoisotopic (exact) mass is 343 g/mol. The summed E-state index contributed by atoms with van der Waals surface area (Å²) >= 11 is 3.53. The highest BCUT2D eigenvalue weighted by Crippen LogP contribution is 2.50. The first-order valence-electron chi connectivity index (χ1n) is 7.21. The van der Waals surface area contributed by atoms with E-state index < -0.39 is 0 Å². The highest BCUT2D eigenvalue weighted by molar-refractivity contribution is 9.10. The minimum absolute atomic E-state index is 0.145. The van der Waals surface area contributed by atoms with Gasteiger partial charge in [0.25, 0.3) is 0 Å². The number of hydrogen-bond acceptors (Lipinski definition) is 1. The summed E-state index contributed by atoms with van der Waals surface area (Å²) in [5.41, 5.74) is 2.95. The van der Waals surface area contributed by atoms with Crippen molar-refractivity contribution in [3.63, 3.8) is 0 Å². The van der Waals surface area contributed by atoms with E-state index in [2.05, 4.69) is 45.5 Å². The van der Waals surface area contributed by atoms with Crippen molar-refractivity contribution in [3.05, 3.63) is 76.0 Å². The van der Waals surface area contributed by atoms with Crippen molar-refractivity contribution in [2.45, 2.75) is 18.4 Å². The first kappa shape index (κ1) is 13.1. The summed E-state index contributed by atoms with van der Waals surface area (Å²) in [6.07, 6.45) is 5.49. The average Bonchev–Trinajstić information content (AvgIpc) is 2.96. The predicted octanol–water partition coefficient (Wildman–Crippen LogP) is 5.41. The van der Waals surface area contributed by atoms with E-state index in [1.54, 1.807) is 6.07 Å². The number of fused-ring (bicyclic) bond motifs is 3. The van der Waals surface area contributed by atoms with Crippen LogP contribution in [0.2, 0.25) is 0 Å². The molecule has 3 atom stereocenters. The number of anilines is 1. The van der Waals surface area contributed by atoms with Crippen molar-refractivity contribution < 1.29 is 4.39 Å². The van der Waals surface area contributed by atoms with Gasteiger partial charge in [0.2, 0.25) is 0 Å². The molecular formula is C18H15BrFN. The molecule has 3 heteroatoms.